The van der Waals surface area contributed by atoms with Gasteiger partial charge in [-0.1, -0.05) is 60.7 Å². The first-order valence-corrected chi connectivity index (χ1v) is 15.6. The van der Waals surface area contributed by atoms with Crippen LogP contribution in [0.1, 0.15) is 34.8 Å². The molecule has 5 aromatic rings. The Hall–Kier alpha value is -4.80. The third-order valence-corrected chi connectivity index (χ3v) is 8.81. The number of hydrogen-bond donors (Lipinski definition) is 3. The summed E-state index contributed by atoms with van der Waals surface area (Å²) >= 11 is 2.82. The van der Waals surface area contributed by atoms with E-state index in [0.717, 1.165) is 20.7 Å². The second-order valence-corrected chi connectivity index (χ2v) is 12.2. The van der Waals surface area contributed by atoms with Crippen LogP contribution < -0.4 is 16.0 Å². The van der Waals surface area contributed by atoms with Gasteiger partial charge in [0.2, 0.25) is 5.91 Å². The Morgan fingerprint density at radius 2 is 1.70 bits per heavy atom. The summed E-state index contributed by atoms with van der Waals surface area (Å²) in [6, 6.07) is 27.2. The summed E-state index contributed by atoms with van der Waals surface area (Å²) < 4.78 is 14.5. The van der Waals surface area contributed by atoms with Crippen molar-refractivity contribution in [1.82, 2.24) is 10.3 Å². The van der Waals surface area contributed by atoms with E-state index in [1.54, 1.807) is 48.5 Å². The molecule has 0 aliphatic rings. The second kappa shape index (κ2) is 14.1. The first-order chi connectivity index (χ1) is 21.3. The quantitative estimate of drug-likeness (QED) is 0.109. The van der Waals surface area contributed by atoms with Gasteiger partial charge in [-0.2, -0.15) is 0 Å². The minimum Gasteiger partial charge on any atom is -0.321 e. The largest absolute Gasteiger partial charge is 0.321 e. The zero-order valence-electron chi connectivity index (χ0n) is 24.0. The number of amides is 3. The van der Waals surface area contributed by atoms with Crippen LogP contribution in [0.25, 0.3) is 16.3 Å². The van der Waals surface area contributed by atoms with E-state index in [1.807, 2.05) is 38.1 Å². The Labute approximate surface area is 262 Å². The van der Waals surface area contributed by atoms with Crippen molar-refractivity contribution in [2.24, 2.45) is 0 Å². The molecule has 1 atom stereocenters. The molecule has 0 spiro atoms. The number of carbonyl (C=O) groups is 3. The van der Waals surface area contributed by atoms with Gasteiger partial charge in [0.05, 0.1) is 15.5 Å². The van der Waals surface area contributed by atoms with E-state index in [9.17, 15) is 18.8 Å². The van der Waals surface area contributed by atoms with Gasteiger partial charge in [-0.15, -0.1) is 11.8 Å². The standard InChI is InChI=1S/C34H29FN4O3S2/c1-3-29(33(42)39-34-38-27-17-12-21(2)18-30(27)44-34)43-26-11-7-10-25(20-26)36-32(41)28(19-22-13-15-24(35)16-14-22)37-31(40)23-8-5-4-6-9-23/h4-20,29H,3H2,1-2H3,(H,36,41)(H,37,40)(H,38,39,42)/b28-19-. The summed E-state index contributed by atoms with van der Waals surface area (Å²) in [6.07, 6.45) is 2.06. The summed E-state index contributed by atoms with van der Waals surface area (Å²) in [5.74, 6) is -1.59. The molecule has 5 rings (SSSR count). The molecule has 0 radical (unpaired) electrons. The van der Waals surface area contributed by atoms with Crippen LogP contribution in [-0.2, 0) is 9.59 Å². The molecule has 3 N–H and O–H groups in total. The fourth-order valence-electron chi connectivity index (χ4n) is 4.27. The zero-order chi connectivity index (χ0) is 31.1. The van der Waals surface area contributed by atoms with Crippen LogP contribution in [0.2, 0.25) is 0 Å². The smallest absolute Gasteiger partial charge is 0.272 e. The molecule has 3 amide bonds. The fraction of sp³-hybridized carbons (Fsp3) is 0.118. The highest BCUT2D eigenvalue weighted by atomic mass is 32.2. The topological polar surface area (TPSA) is 100 Å². The lowest BCUT2D eigenvalue weighted by atomic mass is 10.1. The van der Waals surface area contributed by atoms with Crippen LogP contribution in [0.3, 0.4) is 0 Å². The summed E-state index contributed by atoms with van der Waals surface area (Å²) in [5.41, 5.74) is 3.36. The van der Waals surface area contributed by atoms with Crippen molar-refractivity contribution in [3.63, 3.8) is 0 Å². The molecule has 0 saturated heterocycles. The number of nitrogens with one attached hydrogen (secondary N) is 3. The highest BCUT2D eigenvalue weighted by Gasteiger charge is 2.20. The number of thioether (sulfide) groups is 1. The molecule has 0 aliphatic carbocycles. The van der Waals surface area contributed by atoms with E-state index < -0.39 is 22.9 Å². The molecular weight excluding hydrogens is 596 g/mol. The first-order valence-electron chi connectivity index (χ1n) is 13.9. The highest BCUT2D eigenvalue weighted by Crippen LogP contribution is 2.31. The minimum atomic E-state index is -0.559. The summed E-state index contributed by atoms with van der Waals surface area (Å²) in [6.45, 7) is 3.95. The van der Waals surface area contributed by atoms with Crippen LogP contribution in [0.4, 0.5) is 15.2 Å². The third-order valence-electron chi connectivity index (χ3n) is 6.52. The van der Waals surface area contributed by atoms with E-state index in [2.05, 4.69) is 20.9 Å². The van der Waals surface area contributed by atoms with Crippen molar-refractivity contribution >= 4 is 67.9 Å². The lowest BCUT2D eigenvalue weighted by molar-refractivity contribution is -0.116. The Bertz CT molecular complexity index is 1840. The molecule has 0 bridgehead atoms. The third kappa shape index (κ3) is 7.97. The maximum Gasteiger partial charge on any atom is 0.272 e. The van der Waals surface area contributed by atoms with Gasteiger partial charge in [0.25, 0.3) is 11.8 Å². The zero-order valence-corrected chi connectivity index (χ0v) is 25.6. The maximum absolute atomic E-state index is 13.5. The van der Waals surface area contributed by atoms with Gasteiger partial charge >= 0.3 is 0 Å². The van der Waals surface area contributed by atoms with E-state index in [1.165, 1.54) is 53.4 Å². The van der Waals surface area contributed by atoms with Crippen molar-refractivity contribution in [3.05, 3.63) is 125 Å². The number of fused-ring (bicyclic) bond motifs is 1. The lowest BCUT2D eigenvalue weighted by Crippen LogP contribution is -2.30. The number of hydrogen-bond acceptors (Lipinski definition) is 6. The number of carbonyl (C=O) groups excluding carboxylic acids is 3. The van der Waals surface area contributed by atoms with Crippen molar-refractivity contribution in [2.45, 2.75) is 30.4 Å². The molecular formula is C34H29FN4O3S2. The van der Waals surface area contributed by atoms with Crippen molar-refractivity contribution in [1.29, 1.82) is 0 Å². The van der Waals surface area contributed by atoms with Crippen molar-refractivity contribution in [3.8, 4) is 0 Å². The van der Waals surface area contributed by atoms with Crippen LogP contribution in [0, 0.1) is 12.7 Å². The Kier molecular flexibility index (Phi) is 9.83. The van der Waals surface area contributed by atoms with Crippen LogP contribution in [0.15, 0.2) is 108 Å². The SMILES string of the molecule is CCC(Sc1cccc(NC(=O)/C(=C/c2ccc(F)cc2)NC(=O)c2ccccc2)c1)C(=O)Nc1nc2ccc(C)cc2s1. The predicted molar refractivity (Wildman–Crippen MR) is 176 cm³/mol. The van der Waals surface area contributed by atoms with Crippen molar-refractivity contribution in [2.75, 3.05) is 10.6 Å². The normalized spacial score (nSPS) is 12.0. The number of halogens is 1. The molecule has 0 aliphatic heterocycles. The van der Waals surface area contributed by atoms with E-state index >= 15 is 0 Å². The summed E-state index contributed by atoms with van der Waals surface area (Å²) in [4.78, 5) is 44.8. The molecule has 4 aromatic carbocycles. The van der Waals surface area contributed by atoms with E-state index in [4.69, 9.17) is 0 Å². The van der Waals surface area contributed by atoms with Gasteiger partial charge in [-0.25, -0.2) is 9.37 Å². The molecule has 7 nitrogen and oxygen atoms in total. The number of rotatable bonds is 10. The molecule has 0 saturated carbocycles. The number of aromatic nitrogens is 1. The monoisotopic (exact) mass is 624 g/mol. The van der Waals surface area contributed by atoms with Gasteiger partial charge in [-0.3, -0.25) is 14.4 Å². The molecule has 10 heteroatoms. The maximum atomic E-state index is 13.5. The van der Waals surface area contributed by atoms with Gasteiger partial charge in [0.15, 0.2) is 5.13 Å². The molecule has 0 fully saturated rings. The second-order valence-electron chi connectivity index (χ2n) is 9.91. The van der Waals surface area contributed by atoms with Crippen molar-refractivity contribution < 1.29 is 18.8 Å². The molecule has 1 unspecified atom stereocenters. The predicted octanol–water partition coefficient (Wildman–Crippen LogP) is 7.66. The molecule has 1 heterocycles. The van der Waals surface area contributed by atoms with Crippen LogP contribution >= 0.6 is 23.1 Å². The minimum absolute atomic E-state index is 0.0136. The molecule has 44 heavy (non-hydrogen) atoms. The Morgan fingerprint density at radius 1 is 0.932 bits per heavy atom. The number of aryl methyl sites for hydroxylation is 1. The fourth-order valence-corrected chi connectivity index (χ4v) is 6.25. The van der Waals surface area contributed by atoms with E-state index in [-0.39, 0.29) is 11.6 Å². The number of thiazole rings is 1. The average molecular weight is 625 g/mol. The first kappa shape index (κ1) is 30.7. The van der Waals surface area contributed by atoms with Gasteiger partial charge in [0.1, 0.15) is 11.5 Å². The lowest BCUT2D eigenvalue weighted by Gasteiger charge is -2.15. The molecule has 222 valence electrons. The Balaban J connectivity index is 1.29. The van der Waals surface area contributed by atoms with Gasteiger partial charge in [0, 0.05) is 16.1 Å². The Morgan fingerprint density at radius 3 is 2.45 bits per heavy atom. The average Bonchev–Trinajstić information content (AvgIpc) is 3.42. The van der Waals surface area contributed by atoms with Crippen LogP contribution in [-0.4, -0.2) is 28.0 Å². The van der Waals surface area contributed by atoms with Gasteiger partial charge in [-0.05, 0) is 85.1 Å². The van der Waals surface area contributed by atoms with E-state index in [0.29, 0.717) is 28.4 Å². The number of anilines is 2. The number of benzene rings is 4. The highest BCUT2D eigenvalue weighted by molar-refractivity contribution is 8.00. The summed E-state index contributed by atoms with van der Waals surface area (Å²) in [7, 11) is 0. The number of nitrogens with zero attached hydrogens (tertiary/aromatic N) is 1. The summed E-state index contributed by atoms with van der Waals surface area (Å²) in [5, 5.41) is 8.61. The molecule has 1 aromatic heterocycles. The van der Waals surface area contributed by atoms with Gasteiger partial charge < -0.3 is 16.0 Å². The van der Waals surface area contributed by atoms with Crippen LogP contribution in [0.5, 0.6) is 0 Å².